The molecule has 16 heavy (non-hydrogen) atoms. The van der Waals surface area contributed by atoms with E-state index in [1.807, 2.05) is 32.5 Å². The quantitative estimate of drug-likeness (QED) is 0.784. The first-order valence-electron chi connectivity index (χ1n) is 5.42. The first-order valence-corrected chi connectivity index (χ1v) is 5.42. The Morgan fingerprint density at radius 2 is 2.19 bits per heavy atom. The normalized spacial score (nSPS) is 12.8. The summed E-state index contributed by atoms with van der Waals surface area (Å²) >= 11 is 0. The fourth-order valence-corrected chi connectivity index (χ4v) is 1.70. The van der Waals surface area contributed by atoms with E-state index in [0.717, 1.165) is 17.0 Å². The van der Waals surface area contributed by atoms with Gasteiger partial charge in [-0.15, -0.1) is 0 Å². The minimum atomic E-state index is -0.804. The van der Waals surface area contributed by atoms with Crippen molar-refractivity contribution in [2.45, 2.75) is 39.8 Å². The Bertz CT molecular complexity index is 385. The average Bonchev–Trinajstić information content (AvgIpc) is 2.44. The van der Waals surface area contributed by atoms with Gasteiger partial charge in [-0.2, -0.15) is 5.10 Å². The zero-order valence-corrected chi connectivity index (χ0v) is 10.2. The largest absolute Gasteiger partial charge is 0.480 e. The van der Waals surface area contributed by atoms with Crippen molar-refractivity contribution >= 4 is 5.97 Å². The number of hydrogen-bond acceptors (Lipinski definition) is 3. The van der Waals surface area contributed by atoms with Crippen molar-refractivity contribution in [1.29, 1.82) is 0 Å². The Kier molecular flexibility index (Phi) is 4.06. The van der Waals surface area contributed by atoms with Gasteiger partial charge in [0.15, 0.2) is 0 Å². The molecule has 1 unspecified atom stereocenters. The van der Waals surface area contributed by atoms with Crippen LogP contribution in [0.1, 0.15) is 30.3 Å². The van der Waals surface area contributed by atoms with E-state index in [9.17, 15) is 4.79 Å². The lowest BCUT2D eigenvalue weighted by Gasteiger charge is -2.12. The van der Waals surface area contributed by atoms with Gasteiger partial charge in [-0.1, -0.05) is 6.92 Å². The number of carbonyl (C=O) groups is 1. The minimum absolute atomic E-state index is 0.487. The van der Waals surface area contributed by atoms with Crippen molar-refractivity contribution in [2.24, 2.45) is 7.05 Å². The SMILES string of the molecule is CCC(NCc1c(C)nn(C)c1C)C(=O)O. The lowest BCUT2D eigenvalue weighted by atomic mass is 10.1. The van der Waals surface area contributed by atoms with Crippen molar-refractivity contribution < 1.29 is 9.90 Å². The number of aryl methyl sites for hydroxylation is 2. The third-order valence-corrected chi connectivity index (χ3v) is 2.89. The van der Waals surface area contributed by atoms with Crippen molar-refractivity contribution in [3.63, 3.8) is 0 Å². The molecule has 1 heterocycles. The van der Waals surface area contributed by atoms with Gasteiger partial charge in [0.2, 0.25) is 0 Å². The summed E-state index contributed by atoms with van der Waals surface area (Å²) in [6, 6.07) is -0.487. The van der Waals surface area contributed by atoms with Crippen LogP contribution < -0.4 is 5.32 Å². The van der Waals surface area contributed by atoms with Crippen LogP contribution in [-0.4, -0.2) is 26.9 Å². The molecule has 1 aromatic heterocycles. The molecule has 0 aliphatic carbocycles. The molecule has 0 bridgehead atoms. The summed E-state index contributed by atoms with van der Waals surface area (Å²) in [4.78, 5) is 10.8. The molecule has 0 aliphatic heterocycles. The van der Waals surface area contributed by atoms with E-state index in [1.54, 1.807) is 0 Å². The van der Waals surface area contributed by atoms with E-state index in [0.29, 0.717) is 13.0 Å². The van der Waals surface area contributed by atoms with Gasteiger partial charge in [0, 0.05) is 24.8 Å². The highest BCUT2D eigenvalue weighted by Gasteiger charge is 2.16. The lowest BCUT2D eigenvalue weighted by molar-refractivity contribution is -0.139. The van der Waals surface area contributed by atoms with Crippen LogP contribution in [0.5, 0.6) is 0 Å². The van der Waals surface area contributed by atoms with Crippen LogP contribution in [0.15, 0.2) is 0 Å². The average molecular weight is 225 g/mol. The molecule has 5 heteroatoms. The second kappa shape index (κ2) is 5.12. The van der Waals surface area contributed by atoms with Gasteiger partial charge in [0.25, 0.3) is 0 Å². The molecule has 90 valence electrons. The van der Waals surface area contributed by atoms with Crippen LogP contribution in [0.4, 0.5) is 0 Å². The number of hydrogen-bond donors (Lipinski definition) is 2. The van der Waals surface area contributed by atoms with Crippen LogP contribution in [0.2, 0.25) is 0 Å². The molecule has 0 fully saturated rings. The molecular weight excluding hydrogens is 206 g/mol. The van der Waals surface area contributed by atoms with Gasteiger partial charge >= 0.3 is 5.97 Å². The predicted octanol–water partition coefficient (Wildman–Crippen LogP) is 0.990. The molecule has 0 radical (unpaired) electrons. The zero-order valence-electron chi connectivity index (χ0n) is 10.2. The maximum Gasteiger partial charge on any atom is 0.320 e. The number of aliphatic carboxylic acids is 1. The second-order valence-corrected chi connectivity index (χ2v) is 3.95. The first kappa shape index (κ1) is 12.7. The summed E-state index contributed by atoms with van der Waals surface area (Å²) in [5.74, 6) is -0.804. The van der Waals surface area contributed by atoms with Gasteiger partial charge in [0.05, 0.1) is 5.69 Å². The van der Waals surface area contributed by atoms with Crippen molar-refractivity contribution in [3.8, 4) is 0 Å². The summed E-state index contributed by atoms with van der Waals surface area (Å²) in [5, 5.41) is 16.2. The van der Waals surface area contributed by atoms with Crippen molar-refractivity contribution in [3.05, 3.63) is 17.0 Å². The van der Waals surface area contributed by atoms with Crippen LogP contribution >= 0.6 is 0 Å². The summed E-state index contributed by atoms with van der Waals surface area (Å²) in [6.07, 6.45) is 0.577. The molecule has 0 saturated carbocycles. The number of carboxylic acids is 1. The van der Waals surface area contributed by atoms with E-state index in [1.165, 1.54) is 0 Å². The summed E-state index contributed by atoms with van der Waals surface area (Å²) < 4.78 is 1.81. The molecule has 2 N–H and O–H groups in total. The van der Waals surface area contributed by atoms with E-state index < -0.39 is 12.0 Å². The molecule has 0 aromatic carbocycles. The summed E-state index contributed by atoms with van der Waals surface area (Å²) in [5.41, 5.74) is 3.11. The van der Waals surface area contributed by atoms with Crippen LogP contribution in [0.3, 0.4) is 0 Å². The Morgan fingerprint density at radius 1 is 1.56 bits per heavy atom. The highest BCUT2D eigenvalue weighted by Crippen LogP contribution is 2.11. The standard InChI is InChI=1S/C11H19N3O2/c1-5-10(11(15)16)12-6-9-7(2)13-14(4)8(9)3/h10,12H,5-6H2,1-4H3,(H,15,16). The minimum Gasteiger partial charge on any atom is -0.480 e. The maximum atomic E-state index is 10.8. The smallest absolute Gasteiger partial charge is 0.320 e. The molecular formula is C11H19N3O2. The molecule has 1 aromatic rings. The zero-order chi connectivity index (χ0) is 12.3. The monoisotopic (exact) mass is 225 g/mol. The first-order chi connectivity index (χ1) is 7.47. The number of nitrogens with zero attached hydrogens (tertiary/aromatic N) is 2. The Hall–Kier alpha value is -1.36. The van der Waals surface area contributed by atoms with Crippen molar-refractivity contribution in [1.82, 2.24) is 15.1 Å². The highest BCUT2D eigenvalue weighted by atomic mass is 16.4. The topological polar surface area (TPSA) is 67.2 Å². The molecule has 1 rings (SSSR count). The van der Waals surface area contributed by atoms with Gasteiger partial charge in [0.1, 0.15) is 6.04 Å². The van der Waals surface area contributed by atoms with E-state index in [-0.39, 0.29) is 0 Å². The lowest BCUT2D eigenvalue weighted by Crippen LogP contribution is -2.35. The maximum absolute atomic E-state index is 10.8. The van der Waals surface area contributed by atoms with Gasteiger partial charge in [-0.05, 0) is 20.3 Å². The van der Waals surface area contributed by atoms with Gasteiger partial charge < -0.3 is 10.4 Å². The Labute approximate surface area is 95.5 Å². The van der Waals surface area contributed by atoms with Crippen LogP contribution in [0.25, 0.3) is 0 Å². The van der Waals surface area contributed by atoms with Crippen LogP contribution in [0, 0.1) is 13.8 Å². The molecule has 5 nitrogen and oxygen atoms in total. The van der Waals surface area contributed by atoms with Crippen molar-refractivity contribution in [2.75, 3.05) is 0 Å². The molecule has 0 aliphatic rings. The number of aromatic nitrogens is 2. The van der Waals surface area contributed by atoms with Gasteiger partial charge in [-0.25, -0.2) is 0 Å². The molecule has 0 spiro atoms. The number of nitrogens with one attached hydrogen (secondary N) is 1. The Balaban J connectivity index is 2.70. The van der Waals surface area contributed by atoms with Gasteiger partial charge in [-0.3, -0.25) is 9.48 Å². The third kappa shape index (κ3) is 2.61. The second-order valence-electron chi connectivity index (χ2n) is 3.95. The van der Waals surface area contributed by atoms with E-state index in [4.69, 9.17) is 5.11 Å². The summed E-state index contributed by atoms with van der Waals surface area (Å²) in [6.45, 7) is 6.33. The number of rotatable bonds is 5. The molecule has 1 atom stereocenters. The number of carboxylic acid groups (broad SMARTS) is 1. The molecule has 0 saturated heterocycles. The summed E-state index contributed by atoms with van der Waals surface area (Å²) in [7, 11) is 1.89. The fraction of sp³-hybridized carbons (Fsp3) is 0.636. The predicted molar refractivity (Wildman–Crippen MR) is 61.2 cm³/mol. The molecule has 0 amide bonds. The van der Waals surface area contributed by atoms with Crippen LogP contribution in [-0.2, 0) is 18.4 Å². The van der Waals surface area contributed by atoms with E-state index in [2.05, 4.69) is 10.4 Å². The van der Waals surface area contributed by atoms with E-state index >= 15 is 0 Å². The highest BCUT2D eigenvalue weighted by molar-refractivity contribution is 5.73. The fourth-order valence-electron chi connectivity index (χ4n) is 1.70. The third-order valence-electron chi connectivity index (χ3n) is 2.89. The Morgan fingerprint density at radius 3 is 2.56 bits per heavy atom.